The molecular weight excluding hydrogens is 514 g/mol. The van der Waals surface area contributed by atoms with Gasteiger partial charge >= 0.3 is 6.18 Å². The Morgan fingerprint density at radius 3 is 2.27 bits per heavy atom. The van der Waals surface area contributed by atoms with Crippen LogP contribution in [0.1, 0.15) is 35.6 Å². The first-order valence-corrected chi connectivity index (χ1v) is 11.9. The molecule has 0 spiro atoms. The fourth-order valence-electron chi connectivity index (χ4n) is 5.02. The lowest BCUT2D eigenvalue weighted by Gasteiger charge is -2.19. The normalized spacial score (nSPS) is 20.8. The first-order valence-electron chi connectivity index (χ1n) is 11.6. The number of halogens is 5. The van der Waals surface area contributed by atoms with Crippen molar-refractivity contribution in [2.45, 2.75) is 31.9 Å². The van der Waals surface area contributed by atoms with Gasteiger partial charge in [0.05, 0.1) is 16.3 Å². The van der Waals surface area contributed by atoms with Crippen molar-refractivity contribution in [1.82, 2.24) is 19.7 Å². The molecule has 5 rings (SSSR count). The maximum atomic E-state index is 12.6. The van der Waals surface area contributed by atoms with E-state index in [1.807, 2.05) is 18.9 Å². The lowest BCUT2D eigenvalue weighted by Crippen LogP contribution is -2.24. The van der Waals surface area contributed by atoms with E-state index in [0.717, 1.165) is 49.6 Å². The predicted molar refractivity (Wildman–Crippen MR) is 132 cm³/mol. The number of nitrogens with zero attached hydrogens (tertiary/aromatic N) is 5. The molecule has 8 nitrogen and oxygen atoms in total. The van der Waals surface area contributed by atoms with Gasteiger partial charge in [-0.1, -0.05) is 11.6 Å². The van der Waals surface area contributed by atoms with Crippen LogP contribution in [-0.2, 0) is 18.0 Å². The molecule has 0 bridgehead atoms. The summed E-state index contributed by atoms with van der Waals surface area (Å²) in [5, 5.41) is 6.92. The third-order valence-electron chi connectivity index (χ3n) is 6.91. The van der Waals surface area contributed by atoms with Crippen molar-refractivity contribution in [2.75, 3.05) is 29.0 Å². The molecule has 3 aromatic rings. The van der Waals surface area contributed by atoms with E-state index >= 15 is 0 Å². The summed E-state index contributed by atoms with van der Waals surface area (Å²) in [6, 6.07) is 3.95. The Hall–Kier alpha value is -3.41. The zero-order chi connectivity index (χ0) is 26.9. The smallest absolute Gasteiger partial charge is 0.384 e. The molecule has 1 aliphatic carbocycles. The van der Waals surface area contributed by atoms with Crippen LogP contribution in [0.4, 0.5) is 35.0 Å². The molecule has 37 heavy (non-hydrogen) atoms. The van der Waals surface area contributed by atoms with Crippen LogP contribution in [0.25, 0.3) is 0 Å². The Labute approximate surface area is 215 Å². The van der Waals surface area contributed by atoms with Gasteiger partial charge in [-0.2, -0.15) is 18.3 Å². The van der Waals surface area contributed by atoms with Crippen molar-refractivity contribution in [3.8, 4) is 0 Å². The Balaban J connectivity index is 0.000000245. The van der Waals surface area contributed by atoms with Crippen molar-refractivity contribution < 1.29 is 22.4 Å². The molecule has 1 saturated heterocycles. The van der Waals surface area contributed by atoms with Crippen molar-refractivity contribution >= 4 is 35.5 Å². The van der Waals surface area contributed by atoms with E-state index in [9.17, 15) is 22.4 Å². The van der Waals surface area contributed by atoms with Gasteiger partial charge in [0.25, 0.3) is 0 Å². The number of amides is 1. The number of carbonyl (C=O) groups is 1. The monoisotopic (exact) mass is 539 g/mol. The minimum absolute atomic E-state index is 0.00292. The average molecular weight is 540 g/mol. The number of hydrogen-bond donors (Lipinski definition) is 2. The summed E-state index contributed by atoms with van der Waals surface area (Å²) >= 11 is 5.42. The molecule has 3 heterocycles. The van der Waals surface area contributed by atoms with E-state index < -0.39 is 17.6 Å². The third kappa shape index (κ3) is 5.79. The number of anilines is 3. The van der Waals surface area contributed by atoms with E-state index in [4.69, 9.17) is 17.3 Å². The number of carbonyl (C=O) groups excluding carboxylic acids is 1. The standard InChI is InChI=1S/C17H21F3N6.C7H5ClFNO/c1-9-14(24-25(2)15(9)21)10-3-11-7-26(8-12(11)4-10)16-22-5-13(6-23-16)17(18,19)20;8-6-3-5(10-4-11)1-2-7(6)9/h5-6,10-12H,3-4,7-8,21H2,1-2H3;1-4H,(H,10,11). The average Bonchev–Trinajstić information content (AvgIpc) is 3.50. The second-order valence-electron chi connectivity index (χ2n) is 9.27. The molecule has 3 N–H and O–H groups in total. The Morgan fingerprint density at radius 1 is 1.16 bits per heavy atom. The number of nitrogens with two attached hydrogens (primary N) is 1. The van der Waals surface area contributed by atoms with Gasteiger partial charge in [0, 0.05) is 49.7 Å². The molecule has 2 atom stereocenters. The van der Waals surface area contributed by atoms with Gasteiger partial charge in [-0.25, -0.2) is 14.4 Å². The van der Waals surface area contributed by atoms with Crippen molar-refractivity contribution in [1.29, 1.82) is 0 Å². The van der Waals surface area contributed by atoms with Crippen LogP contribution < -0.4 is 16.0 Å². The summed E-state index contributed by atoms with van der Waals surface area (Å²) in [6.07, 6.45) is -0.157. The van der Waals surface area contributed by atoms with Crippen LogP contribution >= 0.6 is 11.6 Å². The van der Waals surface area contributed by atoms with Crippen molar-refractivity contribution in [3.63, 3.8) is 0 Å². The van der Waals surface area contributed by atoms with Crippen LogP contribution in [0.5, 0.6) is 0 Å². The van der Waals surface area contributed by atoms with Gasteiger partial charge in [0.15, 0.2) is 0 Å². The second-order valence-corrected chi connectivity index (χ2v) is 9.68. The molecule has 2 unspecified atom stereocenters. The summed E-state index contributed by atoms with van der Waals surface area (Å²) < 4.78 is 52.1. The molecule has 13 heteroatoms. The second kappa shape index (κ2) is 10.5. The number of nitrogens with one attached hydrogen (secondary N) is 1. The number of aromatic nitrogens is 4. The minimum Gasteiger partial charge on any atom is -0.384 e. The molecular formula is C24H26ClF4N7O. The minimum atomic E-state index is -4.41. The number of benzene rings is 1. The topological polar surface area (TPSA) is 102 Å². The van der Waals surface area contributed by atoms with Gasteiger partial charge in [0.2, 0.25) is 12.4 Å². The lowest BCUT2D eigenvalue weighted by molar-refractivity contribution is -0.138. The van der Waals surface area contributed by atoms with E-state index in [-0.39, 0.29) is 5.02 Å². The fourth-order valence-corrected chi connectivity index (χ4v) is 5.20. The lowest BCUT2D eigenvalue weighted by atomic mass is 9.98. The quantitative estimate of drug-likeness (QED) is 0.365. The summed E-state index contributed by atoms with van der Waals surface area (Å²) in [5.41, 5.74) is 7.82. The maximum absolute atomic E-state index is 12.6. The van der Waals surface area contributed by atoms with Crippen molar-refractivity contribution in [2.24, 2.45) is 18.9 Å². The molecule has 198 valence electrons. The van der Waals surface area contributed by atoms with Gasteiger partial charge < -0.3 is 16.0 Å². The van der Waals surface area contributed by atoms with Gasteiger partial charge in [-0.3, -0.25) is 9.48 Å². The van der Waals surface area contributed by atoms with Crippen LogP contribution in [0.2, 0.25) is 5.02 Å². The zero-order valence-corrected chi connectivity index (χ0v) is 20.9. The summed E-state index contributed by atoms with van der Waals surface area (Å²) in [4.78, 5) is 19.8. The zero-order valence-electron chi connectivity index (χ0n) is 20.1. The maximum Gasteiger partial charge on any atom is 0.419 e. The number of aryl methyl sites for hydroxylation is 1. The van der Waals surface area contributed by atoms with E-state index in [0.29, 0.717) is 41.6 Å². The molecule has 2 aromatic heterocycles. The SMILES string of the molecule is Cc1c(C2CC3CN(c4ncc(C(F)(F)F)cn4)CC3C2)nn(C)c1N.O=CNc1ccc(F)c(Cl)c1. The highest BCUT2D eigenvalue weighted by Crippen LogP contribution is 2.47. The van der Waals surface area contributed by atoms with E-state index in [2.05, 4.69) is 20.4 Å². The van der Waals surface area contributed by atoms with Crippen LogP contribution in [0.15, 0.2) is 30.6 Å². The molecule has 1 aliphatic heterocycles. The Bertz CT molecular complexity index is 1250. The first kappa shape index (κ1) is 26.6. The molecule has 1 saturated carbocycles. The Morgan fingerprint density at radius 2 is 1.78 bits per heavy atom. The van der Waals surface area contributed by atoms with Gasteiger partial charge in [0.1, 0.15) is 11.6 Å². The van der Waals surface area contributed by atoms with E-state index in [1.54, 1.807) is 4.68 Å². The number of nitrogen functional groups attached to an aromatic ring is 1. The highest BCUT2D eigenvalue weighted by atomic mass is 35.5. The summed E-state index contributed by atoms with van der Waals surface area (Å²) in [7, 11) is 1.85. The summed E-state index contributed by atoms with van der Waals surface area (Å²) in [5.74, 6) is 1.94. The number of rotatable bonds is 4. The number of hydrogen-bond acceptors (Lipinski definition) is 6. The van der Waals surface area contributed by atoms with Crippen LogP contribution in [0, 0.1) is 24.6 Å². The largest absolute Gasteiger partial charge is 0.419 e. The highest BCUT2D eigenvalue weighted by Gasteiger charge is 2.43. The predicted octanol–water partition coefficient (Wildman–Crippen LogP) is 4.80. The van der Waals surface area contributed by atoms with Crippen LogP contribution in [-0.4, -0.2) is 39.2 Å². The van der Waals surface area contributed by atoms with Crippen LogP contribution in [0.3, 0.4) is 0 Å². The number of alkyl halides is 3. The van der Waals surface area contributed by atoms with E-state index in [1.165, 1.54) is 18.2 Å². The Kier molecular flexibility index (Phi) is 7.58. The molecule has 2 fully saturated rings. The van der Waals surface area contributed by atoms with Gasteiger partial charge in [-0.15, -0.1) is 0 Å². The third-order valence-corrected chi connectivity index (χ3v) is 7.20. The molecule has 2 aliphatic rings. The number of fused-ring (bicyclic) bond motifs is 1. The van der Waals surface area contributed by atoms with Gasteiger partial charge in [-0.05, 0) is 49.8 Å². The fraction of sp³-hybridized carbons (Fsp3) is 0.417. The molecule has 1 aromatic carbocycles. The molecule has 1 amide bonds. The molecule has 0 radical (unpaired) electrons. The van der Waals surface area contributed by atoms with Crippen molar-refractivity contribution in [3.05, 3.63) is 58.3 Å². The summed E-state index contributed by atoms with van der Waals surface area (Å²) in [6.45, 7) is 3.55. The highest BCUT2D eigenvalue weighted by molar-refractivity contribution is 6.31. The first-order chi connectivity index (χ1) is 17.5.